The van der Waals surface area contributed by atoms with Crippen LogP contribution < -0.4 is 4.74 Å². The maximum atomic E-state index is 11.4. The lowest BCUT2D eigenvalue weighted by atomic mass is 10.1. The summed E-state index contributed by atoms with van der Waals surface area (Å²) in [6.45, 7) is 0. The van der Waals surface area contributed by atoms with Gasteiger partial charge in [-0.2, -0.15) is 0 Å². The largest absolute Gasteiger partial charge is 0.507 e. The average Bonchev–Trinajstić information content (AvgIpc) is 2.36. The number of hydrogen-bond acceptors (Lipinski definition) is 4. The van der Waals surface area contributed by atoms with Crippen molar-refractivity contribution in [1.82, 2.24) is 0 Å². The molecule has 1 N–H and O–H groups in total. The van der Waals surface area contributed by atoms with Crippen molar-refractivity contribution >= 4 is 16.7 Å². The molecule has 0 aliphatic rings. The molecule has 2 aromatic carbocycles. The molecule has 0 fully saturated rings. The number of methoxy groups -OCH3 is 2. The zero-order chi connectivity index (χ0) is 12.4. The van der Waals surface area contributed by atoms with E-state index in [0.717, 1.165) is 10.8 Å². The van der Waals surface area contributed by atoms with E-state index in [9.17, 15) is 9.90 Å². The molecule has 0 aliphatic carbocycles. The van der Waals surface area contributed by atoms with Crippen LogP contribution >= 0.6 is 0 Å². The standard InChI is InChI=1S/C13H12O4/c1-16-10-4-3-8-7-12(14)11(13(15)17-2)6-9(8)5-10/h3-7,14H,1-2H3. The Hall–Kier alpha value is -2.23. The van der Waals surface area contributed by atoms with Crippen LogP contribution in [0.25, 0.3) is 10.8 Å². The summed E-state index contributed by atoms with van der Waals surface area (Å²) in [7, 11) is 2.85. The predicted molar refractivity (Wildman–Crippen MR) is 63.5 cm³/mol. The SMILES string of the molecule is COC(=O)c1cc2cc(OC)ccc2cc1O. The first kappa shape index (κ1) is 11.3. The molecule has 0 saturated carbocycles. The fourth-order valence-electron chi connectivity index (χ4n) is 1.66. The Labute approximate surface area is 98.4 Å². The molecule has 0 atom stereocenters. The molecule has 0 unspecified atom stereocenters. The summed E-state index contributed by atoms with van der Waals surface area (Å²) in [6, 6.07) is 8.51. The van der Waals surface area contributed by atoms with Crippen LogP contribution in [-0.2, 0) is 4.74 Å². The molecule has 4 heteroatoms. The highest BCUT2D eigenvalue weighted by Crippen LogP contribution is 2.28. The molecule has 0 heterocycles. The van der Waals surface area contributed by atoms with Gasteiger partial charge in [0.1, 0.15) is 17.1 Å². The number of esters is 1. The number of ether oxygens (including phenoxy) is 2. The number of phenolic OH excluding ortho intramolecular Hbond substituents is 1. The maximum absolute atomic E-state index is 11.4. The first-order valence-corrected chi connectivity index (χ1v) is 5.05. The Balaban J connectivity index is 2.64. The van der Waals surface area contributed by atoms with Crippen molar-refractivity contribution in [1.29, 1.82) is 0 Å². The van der Waals surface area contributed by atoms with Gasteiger partial charge >= 0.3 is 5.97 Å². The molecule has 0 bridgehead atoms. The Morgan fingerprint density at radius 2 is 1.88 bits per heavy atom. The summed E-state index contributed by atoms with van der Waals surface area (Å²) < 4.78 is 9.69. The van der Waals surface area contributed by atoms with Crippen molar-refractivity contribution in [3.8, 4) is 11.5 Å². The predicted octanol–water partition coefficient (Wildman–Crippen LogP) is 2.34. The Kier molecular flexibility index (Phi) is 2.87. The molecule has 0 aromatic heterocycles. The van der Waals surface area contributed by atoms with Crippen molar-refractivity contribution < 1.29 is 19.4 Å². The van der Waals surface area contributed by atoms with E-state index in [1.54, 1.807) is 25.3 Å². The van der Waals surface area contributed by atoms with Gasteiger partial charge in [-0.1, -0.05) is 6.07 Å². The second kappa shape index (κ2) is 4.33. The van der Waals surface area contributed by atoms with Crippen LogP contribution in [0.3, 0.4) is 0 Å². The van der Waals surface area contributed by atoms with E-state index < -0.39 is 5.97 Å². The highest BCUT2D eigenvalue weighted by molar-refractivity contribution is 5.98. The van der Waals surface area contributed by atoms with E-state index in [2.05, 4.69) is 4.74 Å². The summed E-state index contributed by atoms with van der Waals surface area (Å²) >= 11 is 0. The van der Waals surface area contributed by atoms with Crippen molar-refractivity contribution in [2.24, 2.45) is 0 Å². The van der Waals surface area contributed by atoms with Crippen molar-refractivity contribution in [2.45, 2.75) is 0 Å². The van der Waals surface area contributed by atoms with Gasteiger partial charge in [-0.15, -0.1) is 0 Å². The second-order valence-electron chi connectivity index (χ2n) is 3.57. The van der Waals surface area contributed by atoms with Gasteiger partial charge in [0, 0.05) is 0 Å². The van der Waals surface area contributed by atoms with Gasteiger partial charge in [0.05, 0.1) is 14.2 Å². The van der Waals surface area contributed by atoms with Crippen molar-refractivity contribution in [3.05, 3.63) is 35.9 Å². The first-order valence-electron chi connectivity index (χ1n) is 5.05. The Bertz CT molecular complexity index is 575. The third-order valence-electron chi connectivity index (χ3n) is 2.57. The lowest BCUT2D eigenvalue weighted by Crippen LogP contribution is -2.01. The normalized spacial score (nSPS) is 10.2. The molecule has 88 valence electrons. The summed E-state index contributed by atoms with van der Waals surface area (Å²) in [5, 5.41) is 11.3. The minimum absolute atomic E-state index is 0.0884. The molecule has 0 saturated heterocycles. The monoisotopic (exact) mass is 232 g/mol. The summed E-state index contributed by atoms with van der Waals surface area (Å²) in [6.07, 6.45) is 0. The van der Waals surface area contributed by atoms with Crippen molar-refractivity contribution in [3.63, 3.8) is 0 Å². The molecule has 17 heavy (non-hydrogen) atoms. The number of benzene rings is 2. The van der Waals surface area contributed by atoms with Crippen molar-refractivity contribution in [2.75, 3.05) is 14.2 Å². The molecule has 0 aliphatic heterocycles. The number of rotatable bonds is 2. The van der Waals surface area contributed by atoms with Crippen LogP contribution in [-0.4, -0.2) is 25.3 Å². The quantitative estimate of drug-likeness (QED) is 0.807. The lowest BCUT2D eigenvalue weighted by molar-refractivity contribution is 0.0597. The summed E-state index contributed by atoms with van der Waals surface area (Å²) in [5.41, 5.74) is 0.147. The highest BCUT2D eigenvalue weighted by atomic mass is 16.5. The van der Waals surface area contributed by atoms with Crippen LogP contribution in [0, 0.1) is 0 Å². The average molecular weight is 232 g/mol. The fraction of sp³-hybridized carbons (Fsp3) is 0.154. The van der Waals surface area contributed by atoms with Crippen LogP contribution in [0.1, 0.15) is 10.4 Å². The van der Waals surface area contributed by atoms with E-state index in [-0.39, 0.29) is 11.3 Å². The molecule has 2 aromatic rings. The summed E-state index contributed by atoms with van der Waals surface area (Å²) in [5.74, 6) is 0.0424. The van der Waals surface area contributed by atoms with Gasteiger partial charge in [-0.25, -0.2) is 4.79 Å². The van der Waals surface area contributed by atoms with Crippen LogP contribution in [0.2, 0.25) is 0 Å². The van der Waals surface area contributed by atoms with E-state index in [1.165, 1.54) is 13.2 Å². The van der Waals surface area contributed by atoms with Crippen LogP contribution in [0.4, 0.5) is 0 Å². The van der Waals surface area contributed by atoms with E-state index in [1.807, 2.05) is 6.07 Å². The number of carbonyl (C=O) groups is 1. The number of aromatic hydroxyl groups is 1. The first-order chi connectivity index (χ1) is 8.15. The van der Waals surface area contributed by atoms with Gasteiger partial charge < -0.3 is 14.6 Å². The third-order valence-corrected chi connectivity index (χ3v) is 2.57. The van der Waals surface area contributed by atoms with Gasteiger partial charge in [0.25, 0.3) is 0 Å². The van der Waals surface area contributed by atoms with E-state index in [0.29, 0.717) is 5.75 Å². The molecule has 0 spiro atoms. The molecular weight excluding hydrogens is 220 g/mol. The lowest BCUT2D eigenvalue weighted by Gasteiger charge is -2.06. The number of phenols is 1. The van der Waals surface area contributed by atoms with Gasteiger partial charge in [-0.05, 0) is 35.0 Å². The molecule has 0 radical (unpaired) electrons. The minimum atomic E-state index is -0.563. The number of fused-ring (bicyclic) bond motifs is 1. The van der Waals surface area contributed by atoms with E-state index in [4.69, 9.17) is 4.74 Å². The highest BCUT2D eigenvalue weighted by Gasteiger charge is 2.12. The zero-order valence-electron chi connectivity index (χ0n) is 9.56. The minimum Gasteiger partial charge on any atom is -0.507 e. The van der Waals surface area contributed by atoms with Gasteiger partial charge in [-0.3, -0.25) is 0 Å². The van der Waals surface area contributed by atoms with Gasteiger partial charge in [0.2, 0.25) is 0 Å². The molecule has 0 amide bonds. The smallest absolute Gasteiger partial charge is 0.341 e. The molecule has 4 nitrogen and oxygen atoms in total. The number of carbonyl (C=O) groups excluding carboxylic acids is 1. The van der Waals surface area contributed by atoms with Gasteiger partial charge in [0.15, 0.2) is 0 Å². The topological polar surface area (TPSA) is 55.8 Å². The molecule has 2 rings (SSSR count). The maximum Gasteiger partial charge on any atom is 0.341 e. The molecular formula is C13H12O4. The van der Waals surface area contributed by atoms with E-state index >= 15 is 0 Å². The Morgan fingerprint density at radius 3 is 2.53 bits per heavy atom. The second-order valence-corrected chi connectivity index (χ2v) is 3.57. The fourth-order valence-corrected chi connectivity index (χ4v) is 1.66. The van der Waals surface area contributed by atoms with Crippen LogP contribution in [0.5, 0.6) is 11.5 Å². The zero-order valence-corrected chi connectivity index (χ0v) is 9.56. The third kappa shape index (κ3) is 2.01. The van der Waals surface area contributed by atoms with Crippen LogP contribution in [0.15, 0.2) is 30.3 Å². The summed E-state index contributed by atoms with van der Waals surface area (Å²) in [4.78, 5) is 11.4. The number of hydrogen-bond donors (Lipinski definition) is 1. The Morgan fingerprint density at radius 1 is 1.12 bits per heavy atom.